The number of ether oxygens (including phenoxy) is 1. The molecule has 1 aliphatic rings. The van der Waals surface area contributed by atoms with Gasteiger partial charge in [-0.05, 0) is 37.1 Å². The Morgan fingerprint density at radius 3 is 2.76 bits per heavy atom. The van der Waals surface area contributed by atoms with Crippen LogP contribution in [0.25, 0.3) is 0 Å². The summed E-state index contributed by atoms with van der Waals surface area (Å²) < 4.78 is 44.7. The predicted molar refractivity (Wildman–Crippen MR) is 73.8 cm³/mol. The molecule has 1 saturated heterocycles. The largest absolute Gasteiger partial charge is 0.444 e. The molecule has 1 N–H and O–H groups in total. The van der Waals surface area contributed by atoms with Crippen molar-refractivity contribution in [1.82, 2.24) is 9.62 Å². The first-order valence-corrected chi connectivity index (χ1v) is 7.95. The van der Waals surface area contributed by atoms with E-state index in [0.717, 1.165) is 6.07 Å². The maximum absolute atomic E-state index is 13.1. The van der Waals surface area contributed by atoms with E-state index in [2.05, 4.69) is 4.72 Å². The summed E-state index contributed by atoms with van der Waals surface area (Å²) >= 11 is 0. The van der Waals surface area contributed by atoms with Gasteiger partial charge in [0.1, 0.15) is 11.9 Å². The van der Waals surface area contributed by atoms with Crippen LogP contribution in [0.3, 0.4) is 0 Å². The SMILES string of the molecule is Cc1cc(S(=O)(=O)NCCC2CN(C)C(=O)O2)ccc1F. The minimum Gasteiger partial charge on any atom is -0.444 e. The lowest BCUT2D eigenvalue weighted by Gasteiger charge is -2.10. The van der Waals surface area contributed by atoms with E-state index in [9.17, 15) is 17.6 Å². The quantitative estimate of drug-likeness (QED) is 0.887. The van der Waals surface area contributed by atoms with E-state index < -0.39 is 21.9 Å². The van der Waals surface area contributed by atoms with Crippen molar-refractivity contribution in [1.29, 1.82) is 0 Å². The fraction of sp³-hybridized carbons (Fsp3) is 0.462. The van der Waals surface area contributed by atoms with Crippen LogP contribution < -0.4 is 4.72 Å². The number of hydrogen-bond acceptors (Lipinski definition) is 4. The van der Waals surface area contributed by atoms with E-state index >= 15 is 0 Å². The van der Waals surface area contributed by atoms with Gasteiger partial charge >= 0.3 is 6.09 Å². The summed E-state index contributed by atoms with van der Waals surface area (Å²) in [4.78, 5) is 12.6. The highest BCUT2D eigenvalue weighted by atomic mass is 32.2. The van der Waals surface area contributed by atoms with Crippen LogP contribution >= 0.6 is 0 Å². The average molecular weight is 316 g/mol. The van der Waals surface area contributed by atoms with E-state index in [1.165, 1.54) is 24.0 Å². The molecule has 6 nitrogen and oxygen atoms in total. The summed E-state index contributed by atoms with van der Waals surface area (Å²) in [5.41, 5.74) is 0.268. The third-order valence-corrected chi connectivity index (χ3v) is 4.71. The van der Waals surface area contributed by atoms with Crippen molar-refractivity contribution in [2.45, 2.75) is 24.3 Å². The van der Waals surface area contributed by atoms with Crippen LogP contribution in [-0.4, -0.2) is 45.7 Å². The molecule has 1 aromatic rings. The van der Waals surface area contributed by atoms with Gasteiger partial charge in [-0.2, -0.15) is 0 Å². The number of nitrogens with zero attached hydrogens (tertiary/aromatic N) is 1. The van der Waals surface area contributed by atoms with Crippen molar-refractivity contribution in [3.63, 3.8) is 0 Å². The molecule has 1 atom stereocenters. The lowest BCUT2D eigenvalue weighted by atomic mass is 10.2. The molecule has 1 fully saturated rings. The molecule has 2 rings (SSSR count). The molecule has 1 unspecified atom stereocenters. The number of carbonyl (C=O) groups is 1. The smallest absolute Gasteiger partial charge is 0.409 e. The second-order valence-electron chi connectivity index (χ2n) is 4.98. The van der Waals surface area contributed by atoms with Crippen LogP contribution in [0.5, 0.6) is 0 Å². The Bertz CT molecular complexity index is 648. The summed E-state index contributed by atoms with van der Waals surface area (Å²) in [6.07, 6.45) is -0.340. The van der Waals surface area contributed by atoms with Crippen molar-refractivity contribution in [3.8, 4) is 0 Å². The Morgan fingerprint density at radius 2 is 2.19 bits per heavy atom. The Balaban J connectivity index is 1.92. The van der Waals surface area contributed by atoms with Gasteiger partial charge in [-0.15, -0.1) is 0 Å². The highest BCUT2D eigenvalue weighted by Gasteiger charge is 2.28. The van der Waals surface area contributed by atoms with Crippen LogP contribution in [0.15, 0.2) is 23.1 Å². The third kappa shape index (κ3) is 3.70. The zero-order valence-electron chi connectivity index (χ0n) is 11.8. The first kappa shape index (κ1) is 15.7. The maximum atomic E-state index is 13.1. The Morgan fingerprint density at radius 1 is 1.48 bits per heavy atom. The van der Waals surface area contributed by atoms with Crippen LogP contribution in [0, 0.1) is 12.7 Å². The standard InChI is InChI=1S/C13H17FN2O4S/c1-9-7-11(3-4-12(9)14)21(18,19)15-6-5-10-8-16(2)13(17)20-10/h3-4,7,10,15H,5-6,8H2,1-2H3. The fourth-order valence-corrected chi connectivity index (χ4v) is 3.15. The van der Waals surface area contributed by atoms with Crippen molar-refractivity contribution < 1.29 is 22.3 Å². The van der Waals surface area contributed by atoms with Gasteiger partial charge in [0.15, 0.2) is 0 Å². The number of amides is 1. The number of likely N-dealkylation sites (N-methyl/N-ethyl adjacent to an activating group) is 1. The molecule has 0 radical (unpaired) electrons. The lowest BCUT2D eigenvalue weighted by molar-refractivity contribution is 0.131. The summed E-state index contributed by atoms with van der Waals surface area (Å²) in [5, 5.41) is 0. The van der Waals surface area contributed by atoms with Crippen LogP contribution in [0.4, 0.5) is 9.18 Å². The molecule has 21 heavy (non-hydrogen) atoms. The minimum atomic E-state index is -3.69. The van der Waals surface area contributed by atoms with E-state index in [4.69, 9.17) is 4.74 Å². The molecule has 1 aliphatic heterocycles. The first-order chi connectivity index (χ1) is 9.79. The fourth-order valence-electron chi connectivity index (χ4n) is 2.02. The van der Waals surface area contributed by atoms with Gasteiger partial charge in [0.05, 0.1) is 11.4 Å². The Kier molecular flexibility index (Phi) is 4.48. The van der Waals surface area contributed by atoms with Gasteiger partial charge in [-0.1, -0.05) is 0 Å². The van der Waals surface area contributed by atoms with Crippen molar-refractivity contribution in [2.75, 3.05) is 20.1 Å². The van der Waals surface area contributed by atoms with Crippen molar-refractivity contribution in [3.05, 3.63) is 29.6 Å². The normalized spacial score (nSPS) is 18.9. The number of aryl methyl sites for hydroxylation is 1. The molecule has 116 valence electrons. The van der Waals surface area contributed by atoms with Gasteiger partial charge in [0.25, 0.3) is 0 Å². The molecular weight excluding hydrogens is 299 g/mol. The molecule has 0 spiro atoms. The van der Waals surface area contributed by atoms with Crippen LogP contribution in [-0.2, 0) is 14.8 Å². The van der Waals surface area contributed by atoms with Crippen LogP contribution in [0.2, 0.25) is 0 Å². The van der Waals surface area contributed by atoms with Crippen molar-refractivity contribution in [2.24, 2.45) is 0 Å². The Hall–Kier alpha value is -1.67. The maximum Gasteiger partial charge on any atom is 0.409 e. The average Bonchev–Trinajstić information content (AvgIpc) is 2.71. The van der Waals surface area contributed by atoms with Gasteiger partial charge in [-0.3, -0.25) is 0 Å². The number of sulfonamides is 1. The highest BCUT2D eigenvalue weighted by Crippen LogP contribution is 2.15. The number of carbonyl (C=O) groups excluding carboxylic acids is 1. The third-order valence-electron chi connectivity index (χ3n) is 3.25. The number of rotatable bonds is 5. The summed E-state index contributed by atoms with van der Waals surface area (Å²) in [6.45, 7) is 2.09. The second kappa shape index (κ2) is 5.98. The number of hydrogen-bond donors (Lipinski definition) is 1. The molecule has 8 heteroatoms. The molecule has 1 aromatic carbocycles. The summed E-state index contributed by atoms with van der Waals surface area (Å²) in [7, 11) is -2.07. The van der Waals surface area contributed by atoms with Crippen LogP contribution in [0.1, 0.15) is 12.0 Å². The molecule has 0 aliphatic carbocycles. The van der Waals surface area contributed by atoms with E-state index in [1.54, 1.807) is 7.05 Å². The number of halogens is 1. The zero-order chi connectivity index (χ0) is 15.6. The van der Waals surface area contributed by atoms with Gasteiger partial charge in [0.2, 0.25) is 10.0 Å². The predicted octanol–water partition coefficient (Wildman–Crippen LogP) is 1.25. The second-order valence-corrected chi connectivity index (χ2v) is 6.75. The molecule has 0 saturated carbocycles. The molecule has 1 amide bonds. The summed E-state index contributed by atoms with van der Waals surface area (Å²) in [5.74, 6) is -0.449. The molecular formula is C13H17FN2O4S. The van der Waals surface area contributed by atoms with E-state index in [1.807, 2.05) is 0 Å². The number of nitrogens with one attached hydrogen (secondary N) is 1. The molecule has 1 heterocycles. The van der Waals surface area contributed by atoms with E-state index in [0.29, 0.717) is 13.0 Å². The first-order valence-electron chi connectivity index (χ1n) is 6.47. The van der Waals surface area contributed by atoms with Crippen molar-refractivity contribution >= 4 is 16.1 Å². The minimum absolute atomic E-state index is 0.0157. The van der Waals surface area contributed by atoms with Gasteiger partial charge < -0.3 is 9.64 Å². The lowest BCUT2D eigenvalue weighted by Crippen LogP contribution is -2.28. The topological polar surface area (TPSA) is 75.7 Å². The monoisotopic (exact) mass is 316 g/mol. The number of benzene rings is 1. The molecule has 0 bridgehead atoms. The summed E-state index contributed by atoms with van der Waals surface area (Å²) in [6, 6.07) is 3.62. The van der Waals surface area contributed by atoms with Gasteiger partial charge in [-0.25, -0.2) is 22.3 Å². The van der Waals surface area contributed by atoms with Gasteiger partial charge in [0, 0.05) is 13.6 Å². The highest BCUT2D eigenvalue weighted by molar-refractivity contribution is 7.89. The Labute approximate surface area is 122 Å². The zero-order valence-corrected chi connectivity index (χ0v) is 12.6. The number of cyclic esters (lactones) is 1. The molecule has 0 aromatic heterocycles. The van der Waals surface area contributed by atoms with E-state index in [-0.39, 0.29) is 23.1 Å².